The molecule has 0 amide bonds. The van der Waals surface area contributed by atoms with E-state index in [0.29, 0.717) is 0 Å². The highest BCUT2D eigenvalue weighted by molar-refractivity contribution is 5.66. The van der Waals surface area contributed by atoms with Gasteiger partial charge in [-0.25, -0.2) is 0 Å². The summed E-state index contributed by atoms with van der Waals surface area (Å²) in [5.74, 6) is -1.03. The Morgan fingerprint density at radius 2 is 2.18 bits per heavy atom. The van der Waals surface area contributed by atoms with Crippen LogP contribution in [0.1, 0.15) is 36.3 Å². The van der Waals surface area contributed by atoms with Gasteiger partial charge in [0.1, 0.15) is 0 Å². The topological polar surface area (TPSA) is 49.3 Å². The lowest BCUT2D eigenvalue weighted by Gasteiger charge is -2.19. The second-order valence-electron chi connectivity index (χ2n) is 3.39. The van der Waals surface area contributed by atoms with Crippen LogP contribution in [0.3, 0.4) is 0 Å². The second-order valence-corrected chi connectivity index (χ2v) is 3.39. The van der Waals surface area contributed by atoms with Crippen LogP contribution in [0.2, 0.25) is 0 Å². The predicted molar refractivity (Wildman–Crippen MR) is 44.6 cm³/mol. The lowest BCUT2D eigenvalue weighted by atomic mass is 10.1. The molecule has 0 spiro atoms. The molecule has 0 saturated carbocycles. The van der Waals surface area contributed by atoms with Crippen molar-refractivity contribution in [3.05, 3.63) is 0 Å². The van der Waals surface area contributed by atoms with E-state index >= 15 is 0 Å². The molecule has 0 aliphatic rings. The molecule has 66 valence electrons. The number of rotatable bonds is 4. The molecule has 3 nitrogen and oxygen atoms in total. The molecular formula is C8H17NO2. The van der Waals surface area contributed by atoms with Crippen molar-refractivity contribution >= 4 is 5.97 Å². The van der Waals surface area contributed by atoms with E-state index < -0.39 is 18.9 Å². The number of carbonyl (C=O) groups is 1. The Morgan fingerprint density at radius 1 is 1.64 bits per heavy atom. The summed E-state index contributed by atoms with van der Waals surface area (Å²) >= 11 is 0. The highest BCUT2D eigenvalue weighted by Crippen LogP contribution is 1.98. The molecule has 0 aliphatic carbocycles. The maximum absolute atomic E-state index is 10.2. The van der Waals surface area contributed by atoms with Gasteiger partial charge in [-0.15, -0.1) is 0 Å². The molecule has 0 fully saturated rings. The number of carboxylic acids is 1. The molecule has 0 aromatic rings. The van der Waals surface area contributed by atoms with Gasteiger partial charge in [0.15, 0.2) is 0 Å². The molecular weight excluding hydrogens is 142 g/mol. The fraction of sp³-hybridized carbons (Fsp3) is 0.875. The number of hydrogen-bond acceptors (Lipinski definition) is 2. The third-order valence-electron chi connectivity index (χ3n) is 0.927. The van der Waals surface area contributed by atoms with Crippen LogP contribution in [0.25, 0.3) is 0 Å². The van der Waals surface area contributed by atoms with Crippen molar-refractivity contribution in [1.82, 2.24) is 5.32 Å². The number of nitrogens with one attached hydrogen (secondary N) is 1. The summed E-state index contributed by atoms with van der Waals surface area (Å²) in [5.41, 5.74) is -0.260. The lowest BCUT2D eigenvalue weighted by molar-refractivity contribution is -0.137. The fourth-order valence-corrected chi connectivity index (χ4v) is 0.469. The molecule has 3 heteroatoms. The molecule has 2 atom stereocenters. The van der Waals surface area contributed by atoms with Crippen molar-refractivity contribution < 1.29 is 12.6 Å². The molecule has 0 aromatic carbocycles. The normalized spacial score (nSPS) is 19.9. The van der Waals surface area contributed by atoms with Gasteiger partial charge in [0.2, 0.25) is 0 Å². The van der Waals surface area contributed by atoms with Crippen molar-refractivity contribution in [3.63, 3.8) is 0 Å². The summed E-state index contributed by atoms with van der Waals surface area (Å²) < 4.78 is 14.8. The molecule has 0 aliphatic heterocycles. The maximum Gasteiger partial charge on any atom is 0.303 e. The van der Waals surface area contributed by atoms with Crippen molar-refractivity contribution in [2.75, 3.05) is 6.52 Å². The summed E-state index contributed by atoms with van der Waals surface area (Å²) in [6.07, 6.45) is -1.21. The van der Waals surface area contributed by atoms with E-state index in [4.69, 9.17) is 7.85 Å². The maximum atomic E-state index is 10.2. The number of aliphatic carboxylic acids is 1. The Labute approximate surface area is 70.6 Å². The van der Waals surface area contributed by atoms with E-state index in [2.05, 4.69) is 5.32 Å². The van der Waals surface area contributed by atoms with Crippen molar-refractivity contribution in [3.8, 4) is 0 Å². The van der Waals surface area contributed by atoms with E-state index in [1.807, 2.05) is 20.8 Å². The Hall–Kier alpha value is -0.570. The Morgan fingerprint density at radius 3 is 2.55 bits per heavy atom. The number of hydrogen-bond donors (Lipinski definition) is 2. The van der Waals surface area contributed by atoms with Crippen LogP contribution in [0, 0.1) is 0 Å². The van der Waals surface area contributed by atoms with Crippen LogP contribution in [0.4, 0.5) is 0 Å². The van der Waals surface area contributed by atoms with Crippen molar-refractivity contribution in [2.24, 2.45) is 0 Å². The number of carboxylic acid groups (broad SMARTS) is 1. The average Bonchev–Trinajstić information content (AvgIpc) is 1.81. The van der Waals surface area contributed by atoms with Crippen molar-refractivity contribution in [1.29, 1.82) is 0 Å². The van der Waals surface area contributed by atoms with Gasteiger partial charge >= 0.3 is 5.97 Å². The van der Waals surface area contributed by atoms with Gasteiger partial charge in [-0.05, 0) is 33.7 Å². The Balaban J connectivity index is 3.96. The van der Waals surface area contributed by atoms with Gasteiger partial charge in [-0.3, -0.25) is 4.79 Å². The summed E-state index contributed by atoms with van der Waals surface area (Å²) in [6.45, 7) is 4.78. The average molecular weight is 161 g/mol. The van der Waals surface area contributed by atoms with Crippen LogP contribution >= 0.6 is 0 Å². The summed E-state index contributed by atoms with van der Waals surface area (Å²) in [5, 5.41) is 11.2. The van der Waals surface area contributed by atoms with Gasteiger partial charge in [0.25, 0.3) is 0 Å². The molecule has 0 rings (SSSR count). The Bertz CT molecular complexity index is 179. The summed E-state index contributed by atoms with van der Waals surface area (Å²) in [7, 11) is 0. The van der Waals surface area contributed by atoms with E-state index in [1.165, 1.54) is 0 Å². The molecule has 0 aromatic heterocycles. The fourth-order valence-electron chi connectivity index (χ4n) is 0.469. The van der Waals surface area contributed by atoms with Crippen LogP contribution in [0.15, 0.2) is 0 Å². The molecule has 11 heavy (non-hydrogen) atoms. The largest absolute Gasteiger partial charge is 0.481 e. The van der Waals surface area contributed by atoms with Crippen LogP contribution in [-0.4, -0.2) is 23.1 Å². The standard InChI is InChI=1S/C8H17NO2/c1-8(2,3)9-6-4-5-7(10)11/h9H,4-6H2,1-3H3,(H,10,11)/i4D,6D. The Kier molecular flexibility index (Phi) is 2.80. The SMILES string of the molecule is [2H]C(CC(=O)O)C([2H])NC(C)(C)C. The third-order valence-corrected chi connectivity index (χ3v) is 0.927. The van der Waals surface area contributed by atoms with E-state index in [-0.39, 0.29) is 12.0 Å². The van der Waals surface area contributed by atoms with Crippen LogP contribution in [-0.2, 0) is 4.79 Å². The zero-order valence-corrected chi connectivity index (χ0v) is 7.22. The minimum atomic E-state index is -1.03. The minimum absolute atomic E-state index is 0.260. The van der Waals surface area contributed by atoms with Crippen LogP contribution < -0.4 is 5.32 Å². The highest BCUT2D eigenvalue weighted by atomic mass is 16.4. The van der Waals surface area contributed by atoms with Gasteiger partial charge in [0, 0.05) is 14.7 Å². The zero-order chi connectivity index (χ0) is 10.6. The molecule has 0 radical (unpaired) electrons. The van der Waals surface area contributed by atoms with E-state index in [9.17, 15) is 4.79 Å². The third kappa shape index (κ3) is 9.43. The molecule has 2 N–H and O–H groups in total. The summed E-state index contributed by atoms with van der Waals surface area (Å²) in [6, 6.07) is 0. The second kappa shape index (κ2) is 4.34. The molecule has 0 heterocycles. The highest BCUT2D eigenvalue weighted by Gasteiger charge is 2.07. The summed E-state index contributed by atoms with van der Waals surface area (Å²) in [4.78, 5) is 10.2. The van der Waals surface area contributed by atoms with Gasteiger partial charge < -0.3 is 10.4 Å². The minimum Gasteiger partial charge on any atom is -0.481 e. The van der Waals surface area contributed by atoms with E-state index in [1.54, 1.807) is 0 Å². The van der Waals surface area contributed by atoms with Gasteiger partial charge in [-0.1, -0.05) is 0 Å². The molecule has 0 saturated heterocycles. The monoisotopic (exact) mass is 161 g/mol. The molecule has 2 unspecified atom stereocenters. The zero-order valence-electron chi connectivity index (χ0n) is 9.22. The van der Waals surface area contributed by atoms with E-state index in [0.717, 1.165) is 0 Å². The quantitative estimate of drug-likeness (QED) is 0.652. The first-order valence-electron chi connectivity index (χ1n) is 4.72. The first-order valence-corrected chi connectivity index (χ1v) is 3.56. The first kappa shape index (κ1) is 7.10. The van der Waals surface area contributed by atoms with Crippen molar-refractivity contribution in [2.45, 2.75) is 39.1 Å². The van der Waals surface area contributed by atoms with Gasteiger partial charge in [-0.2, -0.15) is 0 Å². The first-order chi connectivity index (χ1) is 5.72. The van der Waals surface area contributed by atoms with Gasteiger partial charge in [0.05, 0.1) is 0 Å². The predicted octanol–water partition coefficient (Wildman–Crippen LogP) is 1.24. The van der Waals surface area contributed by atoms with Crippen LogP contribution in [0.5, 0.6) is 0 Å². The lowest BCUT2D eigenvalue weighted by Crippen LogP contribution is -2.36. The molecule has 0 bridgehead atoms. The smallest absolute Gasteiger partial charge is 0.303 e.